The Kier molecular flexibility index (Phi) is 4.97. The summed E-state index contributed by atoms with van der Waals surface area (Å²) < 4.78 is 1.68. The lowest BCUT2D eigenvalue weighted by Crippen LogP contribution is -2.57. The number of carbonyl (C=O) groups excluding carboxylic acids is 1. The number of likely N-dealkylation sites (tertiary alicyclic amines) is 1. The number of H-pyrrole nitrogens is 1. The van der Waals surface area contributed by atoms with Crippen molar-refractivity contribution >= 4 is 33.1 Å². The van der Waals surface area contributed by atoms with Crippen molar-refractivity contribution in [3.05, 3.63) is 55.8 Å². The highest BCUT2D eigenvalue weighted by Crippen LogP contribution is 2.26. The van der Waals surface area contributed by atoms with Gasteiger partial charge < -0.3 is 15.2 Å². The average Bonchev–Trinajstić information content (AvgIpc) is 3.10. The molecule has 1 aliphatic heterocycles. The van der Waals surface area contributed by atoms with Crippen LogP contribution in [0.2, 0.25) is 0 Å². The molecule has 3 aromatic rings. The fraction of sp³-hybridized carbons (Fsp3) is 0.368. The summed E-state index contributed by atoms with van der Waals surface area (Å²) in [5, 5.41) is 2.56. The monoisotopic (exact) mass is 414 g/mol. The first kappa shape index (κ1) is 19.3. The van der Waals surface area contributed by atoms with E-state index in [0.717, 1.165) is 34.8 Å². The largest absolute Gasteiger partial charge is 0.368 e. The highest BCUT2D eigenvalue weighted by Gasteiger charge is 2.30. The maximum atomic E-state index is 12.2. The Hall–Kier alpha value is -2.98. The van der Waals surface area contributed by atoms with Crippen LogP contribution in [0.4, 0.5) is 5.69 Å². The van der Waals surface area contributed by atoms with Gasteiger partial charge in [-0.3, -0.25) is 19.1 Å². The number of pyridine rings is 1. The molecule has 0 radical (unpaired) electrons. The van der Waals surface area contributed by atoms with E-state index in [4.69, 9.17) is 0 Å². The minimum Gasteiger partial charge on any atom is -0.368 e. The summed E-state index contributed by atoms with van der Waals surface area (Å²) in [6.45, 7) is 2.51. The van der Waals surface area contributed by atoms with Gasteiger partial charge >= 0.3 is 5.69 Å². The number of aromatic nitrogens is 3. The van der Waals surface area contributed by atoms with Gasteiger partial charge in [-0.1, -0.05) is 0 Å². The van der Waals surface area contributed by atoms with Crippen molar-refractivity contribution in [1.29, 1.82) is 0 Å². The number of anilines is 1. The van der Waals surface area contributed by atoms with E-state index in [1.807, 2.05) is 19.2 Å². The number of nitrogens with one attached hydrogen (secondary N) is 2. The Bertz CT molecular complexity index is 1170. The number of rotatable bonds is 5. The van der Waals surface area contributed by atoms with Gasteiger partial charge in [0.25, 0.3) is 11.5 Å². The van der Waals surface area contributed by atoms with Crippen molar-refractivity contribution < 1.29 is 4.79 Å². The van der Waals surface area contributed by atoms with E-state index < -0.39 is 5.69 Å². The van der Waals surface area contributed by atoms with Crippen molar-refractivity contribution in [2.45, 2.75) is 12.6 Å². The first-order valence-corrected chi connectivity index (χ1v) is 10.0. The van der Waals surface area contributed by atoms with E-state index in [9.17, 15) is 14.4 Å². The number of aromatic amines is 1. The van der Waals surface area contributed by atoms with E-state index in [2.05, 4.69) is 25.1 Å². The molecule has 152 valence electrons. The van der Waals surface area contributed by atoms with Crippen molar-refractivity contribution in [2.24, 2.45) is 7.05 Å². The van der Waals surface area contributed by atoms with Crippen molar-refractivity contribution in [3.8, 4) is 0 Å². The van der Waals surface area contributed by atoms with Gasteiger partial charge in [-0.05, 0) is 18.2 Å². The number of nitrogens with zero attached hydrogens (tertiary/aromatic N) is 4. The van der Waals surface area contributed by atoms with E-state index in [-0.39, 0.29) is 11.5 Å². The smallest absolute Gasteiger partial charge is 0.328 e. The summed E-state index contributed by atoms with van der Waals surface area (Å²) in [6.07, 6.45) is 1.71. The third-order valence-electron chi connectivity index (χ3n) is 5.31. The summed E-state index contributed by atoms with van der Waals surface area (Å²) in [5.74, 6) is -0.200. The highest BCUT2D eigenvalue weighted by molar-refractivity contribution is 7.18. The topological polar surface area (TPSA) is 103 Å². The van der Waals surface area contributed by atoms with Crippen LogP contribution in [0.5, 0.6) is 0 Å². The number of carbonyl (C=O) groups is 1. The molecule has 0 unspecified atom stereocenters. The average molecular weight is 414 g/mol. The Balaban J connectivity index is 1.39. The van der Waals surface area contributed by atoms with Gasteiger partial charge in [0.15, 0.2) is 0 Å². The third-order valence-corrected chi connectivity index (χ3v) is 6.42. The van der Waals surface area contributed by atoms with Gasteiger partial charge in [-0.25, -0.2) is 9.78 Å². The molecule has 0 bridgehead atoms. The Morgan fingerprint density at radius 3 is 2.79 bits per heavy atom. The molecule has 0 aliphatic carbocycles. The number of likely N-dealkylation sites (N-methyl/N-ethyl adjacent to an activating group) is 1. The van der Waals surface area contributed by atoms with Crippen LogP contribution >= 0.6 is 11.3 Å². The minimum atomic E-state index is -0.395. The molecule has 0 saturated carbocycles. The molecule has 10 heteroatoms. The molecule has 0 atom stereocenters. The zero-order valence-corrected chi connectivity index (χ0v) is 17.2. The quantitative estimate of drug-likeness (QED) is 0.625. The van der Waals surface area contributed by atoms with E-state index in [1.54, 1.807) is 19.3 Å². The van der Waals surface area contributed by atoms with Gasteiger partial charge in [0.1, 0.15) is 10.4 Å². The summed E-state index contributed by atoms with van der Waals surface area (Å²) in [5.41, 5.74) is 1.32. The summed E-state index contributed by atoms with van der Waals surface area (Å²) >= 11 is 1.43. The molecule has 9 nitrogen and oxygen atoms in total. The van der Waals surface area contributed by atoms with E-state index in [0.29, 0.717) is 22.0 Å². The van der Waals surface area contributed by atoms with Crippen LogP contribution in [0.1, 0.15) is 15.4 Å². The van der Waals surface area contributed by atoms with Crippen molar-refractivity contribution in [3.63, 3.8) is 0 Å². The molecule has 4 heterocycles. The van der Waals surface area contributed by atoms with E-state index >= 15 is 0 Å². The fourth-order valence-electron chi connectivity index (χ4n) is 3.42. The second kappa shape index (κ2) is 7.45. The molecule has 0 spiro atoms. The van der Waals surface area contributed by atoms with Crippen LogP contribution in [-0.4, -0.2) is 58.6 Å². The maximum absolute atomic E-state index is 12.2. The predicted octanol–water partition coefficient (Wildman–Crippen LogP) is 0.363. The van der Waals surface area contributed by atoms with Gasteiger partial charge in [-0.15, -0.1) is 11.3 Å². The number of thiophene rings is 1. The summed E-state index contributed by atoms with van der Waals surface area (Å²) in [6, 6.07) is 5.86. The zero-order chi connectivity index (χ0) is 20.7. The Morgan fingerprint density at radius 1 is 1.38 bits per heavy atom. The van der Waals surface area contributed by atoms with Crippen molar-refractivity contribution in [1.82, 2.24) is 24.8 Å². The minimum absolute atomic E-state index is 0.200. The molecule has 0 aromatic carbocycles. The predicted molar refractivity (Wildman–Crippen MR) is 113 cm³/mol. The van der Waals surface area contributed by atoms with Crippen LogP contribution in [-0.2, 0) is 13.6 Å². The number of hydrogen-bond donors (Lipinski definition) is 2. The number of fused-ring (bicyclic) bond motifs is 1. The number of hydrogen-bond acceptors (Lipinski definition) is 7. The molecule has 1 amide bonds. The van der Waals surface area contributed by atoms with Crippen LogP contribution in [0.15, 0.2) is 34.0 Å². The fourth-order valence-corrected chi connectivity index (χ4v) is 4.55. The Morgan fingerprint density at radius 2 is 2.14 bits per heavy atom. The molecular formula is C19H22N6O3S. The molecule has 29 heavy (non-hydrogen) atoms. The molecule has 4 rings (SSSR count). The van der Waals surface area contributed by atoms with Crippen LogP contribution < -0.4 is 21.5 Å². The van der Waals surface area contributed by atoms with Crippen LogP contribution in [0.25, 0.3) is 10.2 Å². The standard InChI is InChI=1S/C19H22N6O3S/c1-20-17(26)14-5-4-11(7-21-14)23(2)12-8-25(9-12)10-13-6-15-16(29-13)18(27)24(3)19(28)22-15/h4-7,12H,8-10H2,1-3H3,(H,20,26)(H,22,28). The molecule has 3 aromatic heterocycles. The van der Waals surface area contributed by atoms with Crippen molar-refractivity contribution in [2.75, 3.05) is 32.1 Å². The Labute approximate surface area is 170 Å². The number of amides is 1. The summed E-state index contributed by atoms with van der Waals surface area (Å²) in [4.78, 5) is 48.0. The third kappa shape index (κ3) is 3.56. The van der Waals surface area contributed by atoms with Crippen LogP contribution in [0, 0.1) is 0 Å². The first-order valence-electron chi connectivity index (χ1n) is 9.22. The van der Waals surface area contributed by atoms with Gasteiger partial charge in [0.05, 0.1) is 23.4 Å². The lowest BCUT2D eigenvalue weighted by Gasteiger charge is -2.44. The second-order valence-electron chi connectivity index (χ2n) is 7.19. The highest BCUT2D eigenvalue weighted by atomic mass is 32.1. The molecule has 2 N–H and O–H groups in total. The SMILES string of the molecule is CNC(=O)c1ccc(N(C)C2CN(Cc3cc4[nH]c(=O)n(C)c(=O)c4s3)C2)cn1. The molecule has 1 aliphatic rings. The molecular weight excluding hydrogens is 392 g/mol. The maximum Gasteiger partial charge on any atom is 0.328 e. The summed E-state index contributed by atoms with van der Waals surface area (Å²) in [7, 11) is 5.08. The van der Waals surface area contributed by atoms with Gasteiger partial charge in [0, 0.05) is 45.7 Å². The normalized spacial score (nSPS) is 14.7. The molecule has 1 fully saturated rings. The van der Waals surface area contributed by atoms with E-state index in [1.165, 1.54) is 18.4 Å². The molecule has 1 saturated heterocycles. The lowest BCUT2D eigenvalue weighted by molar-refractivity contribution is 0.0958. The van der Waals surface area contributed by atoms with Gasteiger partial charge in [-0.2, -0.15) is 0 Å². The second-order valence-corrected chi connectivity index (χ2v) is 8.33. The first-order chi connectivity index (χ1) is 13.9. The van der Waals surface area contributed by atoms with Crippen LogP contribution in [0.3, 0.4) is 0 Å². The zero-order valence-electron chi connectivity index (χ0n) is 16.4. The van der Waals surface area contributed by atoms with Gasteiger partial charge in [0.2, 0.25) is 0 Å². The lowest BCUT2D eigenvalue weighted by atomic mass is 10.1.